The standard InChI is InChI=1S/C19H20FNO4/c1-3-24-18-9-6-15(10-17(18)20)12-25-19(23)16-7-4-14(5-8-16)11-21-13(2)22/h4-10H,3,11-12H2,1-2H3,(H,21,22). The summed E-state index contributed by atoms with van der Waals surface area (Å²) in [6.07, 6.45) is 0. The number of ether oxygens (including phenoxy) is 2. The predicted molar refractivity (Wildman–Crippen MR) is 90.7 cm³/mol. The molecule has 0 heterocycles. The summed E-state index contributed by atoms with van der Waals surface area (Å²) < 4.78 is 24.1. The monoisotopic (exact) mass is 345 g/mol. The summed E-state index contributed by atoms with van der Waals surface area (Å²) in [5.41, 5.74) is 1.80. The first-order valence-corrected chi connectivity index (χ1v) is 7.91. The molecule has 5 nitrogen and oxygen atoms in total. The molecule has 1 N–H and O–H groups in total. The van der Waals surface area contributed by atoms with E-state index >= 15 is 0 Å². The highest BCUT2D eigenvalue weighted by atomic mass is 19.1. The van der Waals surface area contributed by atoms with E-state index in [0.717, 1.165) is 5.56 Å². The summed E-state index contributed by atoms with van der Waals surface area (Å²) in [5.74, 6) is -0.934. The first kappa shape index (κ1) is 18.4. The molecular weight excluding hydrogens is 325 g/mol. The van der Waals surface area contributed by atoms with Crippen LogP contribution in [0.3, 0.4) is 0 Å². The maximum Gasteiger partial charge on any atom is 0.338 e. The van der Waals surface area contributed by atoms with Gasteiger partial charge in [-0.2, -0.15) is 0 Å². The van der Waals surface area contributed by atoms with Crippen molar-refractivity contribution < 1.29 is 23.5 Å². The minimum atomic E-state index is -0.500. The Morgan fingerprint density at radius 2 is 1.76 bits per heavy atom. The van der Waals surface area contributed by atoms with E-state index in [1.807, 2.05) is 0 Å². The van der Waals surface area contributed by atoms with Crippen molar-refractivity contribution in [2.45, 2.75) is 27.0 Å². The Hall–Kier alpha value is -2.89. The van der Waals surface area contributed by atoms with Crippen molar-refractivity contribution in [1.82, 2.24) is 5.32 Å². The molecule has 0 saturated heterocycles. The average molecular weight is 345 g/mol. The second kappa shape index (κ2) is 8.82. The zero-order valence-electron chi connectivity index (χ0n) is 14.2. The van der Waals surface area contributed by atoms with Gasteiger partial charge >= 0.3 is 5.97 Å². The molecule has 0 atom stereocenters. The van der Waals surface area contributed by atoms with Crippen LogP contribution in [0.15, 0.2) is 42.5 Å². The van der Waals surface area contributed by atoms with Gasteiger partial charge in [-0.25, -0.2) is 9.18 Å². The van der Waals surface area contributed by atoms with Crippen LogP contribution in [0, 0.1) is 5.82 Å². The summed E-state index contributed by atoms with van der Waals surface area (Å²) in [6, 6.07) is 11.2. The van der Waals surface area contributed by atoms with E-state index in [4.69, 9.17) is 9.47 Å². The molecule has 0 fully saturated rings. The zero-order valence-corrected chi connectivity index (χ0v) is 14.2. The van der Waals surface area contributed by atoms with Crippen molar-refractivity contribution in [1.29, 1.82) is 0 Å². The van der Waals surface area contributed by atoms with Gasteiger partial charge in [0.25, 0.3) is 0 Å². The van der Waals surface area contributed by atoms with Crippen LogP contribution in [0.25, 0.3) is 0 Å². The first-order chi connectivity index (χ1) is 12.0. The molecule has 2 aromatic rings. The van der Waals surface area contributed by atoms with Gasteiger partial charge in [0.05, 0.1) is 12.2 Å². The van der Waals surface area contributed by atoms with Crippen LogP contribution >= 0.6 is 0 Å². The van der Waals surface area contributed by atoms with Gasteiger partial charge in [0, 0.05) is 13.5 Å². The molecule has 0 saturated carbocycles. The van der Waals surface area contributed by atoms with Gasteiger partial charge in [-0.15, -0.1) is 0 Å². The number of rotatable bonds is 7. The van der Waals surface area contributed by atoms with Gasteiger partial charge in [0.1, 0.15) is 6.61 Å². The summed E-state index contributed by atoms with van der Waals surface area (Å²) in [5, 5.41) is 2.68. The van der Waals surface area contributed by atoms with E-state index in [1.165, 1.54) is 19.1 Å². The largest absolute Gasteiger partial charge is 0.491 e. The van der Waals surface area contributed by atoms with Crippen molar-refractivity contribution in [3.8, 4) is 5.75 Å². The van der Waals surface area contributed by atoms with Gasteiger partial charge in [-0.3, -0.25) is 4.79 Å². The van der Waals surface area contributed by atoms with Crippen LogP contribution in [0.5, 0.6) is 5.75 Å². The first-order valence-electron chi connectivity index (χ1n) is 7.91. The Morgan fingerprint density at radius 3 is 2.36 bits per heavy atom. The molecule has 0 unspecified atom stereocenters. The molecule has 0 aromatic heterocycles. The minimum Gasteiger partial charge on any atom is -0.491 e. The fraction of sp³-hybridized carbons (Fsp3) is 0.263. The third kappa shape index (κ3) is 5.60. The Bertz CT molecular complexity index is 744. The molecule has 0 spiro atoms. The fourth-order valence-corrected chi connectivity index (χ4v) is 2.12. The second-order valence-electron chi connectivity index (χ2n) is 5.38. The van der Waals surface area contributed by atoms with Crippen LogP contribution in [-0.2, 0) is 22.7 Å². The number of nitrogens with one attached hydrogen (secondary N) is 1. The van der Waals surface area contributed by atoms with Gasteiger partial charge in [-0.1, -0.05) is 18.2 Å². The van der Waals surface area contributed by atoms with Gasteiger partial charge < -0.3 is 14.8 Å². The molecule has 0 aliphatic heterocycles. The summed E-state index contributed by atoms with van der Waals surface area (Å²) in [7, 11) is 0. The maximum atomic E-state index is 13.8. The fourth-order valence-electron chi connectivity index (χ4n) is 2.12. The van der Waals surface area contributed by atoms with Crippen molar-refractivity contribution in [3.63, 3.8) is 0 Å². The van der Waals surface area contributed by atoms with E-state index in [-0.39, 0.29) is 18.3 Å². The lowest BCUT2D eigenvalue weighted by atomic mass is 10.1. The van der Waals surface area contributed by atoms with Crippen molar-refractivity contribution in [3.05, 3.63) is 65.0 Å². The number of esters is 1. The van der Waals surface area contributed by atoms with Crippen LogP contribution in [0.2, 0.25) is 0 Å². The number of hydrogen-bond donors (Lipinski definition) is 1. The predicted octanol–water partition coefficient (Wildman–Crippen LogP) is 3.22. The van der Waals surface area contributed by atoms with Crippen molar-refractivity contribution in [2.24, 2.45) is 0 Å². The topological polar surface area (TPSA) is 64.6 Å². The minimum absolute atomic E-state index is 0.0319. The normalized spacial score (nSPS) is 10.2. The average Bonchev–Trinajstić information content (AvgIpc) is 2.60. The van der Waals surface area contributed by atoms with Gasteiger partial charge in [-0.05, 0) is 42.3 Å². The number of carbonyl (C=O) groups excluding carboxylic acids is 2. The second-order valence-corrected chi connectivity index (χ2v) is 5.38. The molecule has 0 radical (unpaired) electrons. The van der Waals surface area contributed by atoms with Gasteiger partial charge in [0.2, 0.25) is 5.91 Å². The van der Waals surface area contributed by atoms with E-state index in [1.54, 1.807) is 37.3 Å². The lowest BCUT2D eigenvalue weighted by molar-refractivity contribution is -0.119. The highest BCUT2D eigenvalue weighted by Crippen LogP contribution is 2.19. The zero-order chi connectivity index (χ0) is 18.2. The number of hydrogen-bond acceptors (Lipinski definition) is 4. The third-order valence-corrected chi connectivity index (χ3v) is 3.40. The van der Waals surface area contributed by atoms with Crippen LogP contribution in [-0.4, -0.2) is 18.5 Å². The number of halogens is 1. The molecular formula is C19H20FNO4. The van der Waals surface area contributed by atoms with Crippen molar-refractivity contribution in [2.75, 3.05) is 6.61 Å². The number of benzene rings is 2. The molecule has 6 heteroatoms. The van der Waals surface area contributed by atoms with E-state index < -0.39 is 11.8 Å². The smallest absolute Gasteiger partial charge is 0.338 e. The number of carbonyl (C=O) groups is 2. The molecule has 1 amide bonds. The van der Waals surface area contributed by atoms with Crippen LogP contribution in [0.1, 0.15) is 35.3 Å². The summed E-state index contributed by atoms with van der Waals surface area (Å²) >= 11 is 0. The van der Waals surface area contributed by atoms with E-state index in [9.17, 15) is 14.0 Å². The summed E-state index contributed by atoms with van der Waals surface area (Å²) in [4.78, 5) is 22.9. The van der Waals surface area contributed by atoms with Crippen LogP contribution in [0.4, 0.5) is 4.39 Å². The lowest BCUT2D eigenvalue weighted by Gasteiger charge is -2.08. The molecule has 0 aliphatic carbocycles. The lowest BCUT2D eigenvalue weighted by Crippen LogP contribution is -2.18. The molecule has 2 rings (SSSR count). The van der Waals surface area contributed by atoms with Crippen LogP contribution < -0.4 is 10.1 Å². The Morgan fingerprint density at radius 1 is 1.08 bits per heavy atom. The molecule has 0 aliphatic rings. The Balaban J connectivity index is 1.91. The quantitative estimate of drug-likeness (QED) is 0.783. The maximum absolute atomic E-state index is 13.8. The Kier molecular flexibility index (Phi) is 6.51. The van der Waals surface area contributed by atoms with Crippen molar-refractivity contribution >= 4 is 11.9 Å². The highest BCUT2D eigenvalue weighted by Gasteiger charge is 2.09. The molecule has 25 heavy (non-hydrogen) atoms. The van der Waals surface area contributed by atoms with E-state index in [0.29, 0.717) is 24.3 Å². The third-order valence-electron chi connectivity index (χ3n) is 3.40. The Labute approximate surface area is 145 Å². The molecule has 0 bridgehead atoms. The highest BCUT2D eigenvalue weighted by molar-refractivity contribution is 5.89. The van der Waals surface area contributed by atoms with Gasteiger partial charge in [0.15, 0.2) is 11.6 Å². The molecule has 2 aromatic carbocycles. The molecule has 132 valence electrons. The SMILES string of the molecule is CCOc1ccc(COC(=O)c2ccc(CNC(C)=O)cc2)cc1F. The van der Waals surface area contributed by atoms with E-state index in [2.05, 4.69) is 5.32 Å². The number of amides is 1. The summed E-state index contributed by atoms with van der Waals surface area (Å²) in [6.45, 7) is 3.96.